The van der Waals surface area contributed by atoms with Crippen LogP contribution in [0.1, 0.15) is 5.56 Å². The van der Waals surface area contributed by atoms with Gasteiger partial charge in [0.15, 0.2) is 16.6 Å². The first kappa shape index (κ1) is 17.8. The van der Waals surface area contributed by atoms with Gasteiger partial charge in [0.2, 0.25) is 0 Å². The van der Waals surface area contributed by atoms with Crippen molar-refractivity contribution in [2.24, 2.45) is 0 Å². The van der Waals surface area contributed by atoms with E-state index in [0.717, 1.165) is 6.20 Å². The van der Waals surface area contributed by atoms with Gasteiger partial charge in [0.05, 0.1) is 11.7 Å². The Morgan fingerprint density at radius 3 is 2.89 bits per heavy atom. The maximum atomic E-state index is 13.2. The molecule has 0 aliphatic carbocycles. The molecule has 3 aromatic heterocycles. The Kier molecular flexibility index (Phi) is 4.77. The van der Waals surface area contributed by atoms with Crippen LogP contribution < -0.4 is 11.1 Å². The number of nitrogens with one attached hydrogen (secondary N) is 1. The van der Waals surface area contributed by atoms with E-state index in [4.69, 9.17) is 11.6 Å². The molecule has 0 atom stereocenters. The van der Waals surface area contributed by atoms with E-state index in [9.17, 15) is 14.0 Å². The van der Waals surface area contributed by atoms with Crippen LogP contribution in [-0.2, 0) is 5.75 Å². The van der Waals surface area contributed by atoms with Gasteiger partial charge >= 0.3 is 0 Å². The van der Waals surface area contributed by atoms with Crippen LogP contribution in [0.3, 0.4) is 0 Å². The highest BCUT2D eigenvalue weighted by atomic mass is 35.5. The molecule has 1 aromatic carbocycles. The van der Waals surface area contributed by atoms with Crippen molar-refractivity contribution in [2.75, 3.05) is 0 Å². The minimum absolute atomic E-state index is 0.232. The number of H-pyrrole nitrogens is 1. The fraction of sp³-hybridized carbons (Fsp3) is 0.0625. The van der Waals surface area contributed by atoms with Crippen LogP contribution in [0.4, 0.5) is 4.39 Å². The maximum Gasteiger partial charge on any atom is 0.279 e. The first-order valence-corrected chi connectivity index (χ1v) is 9.75. The first-order valence-electron chi connectivity index (χ1n) is 7.51. The zero-order valence-corrected chi connectivity index (χ0v) is 15.7. The van der Waals surface area contributed by atoms with Crippen LogP contribution >= 0.6 is 34.7 Å². The quantitative estimate of drug-likeness (QED) is 0.402. The molecule has 27 heavy (non-hydrogen) atoms. The molecule has 0 saturated carbocycles. The van der Waals surface area contributed by atoms with E-state index in [0.29, 0.717) is 26.8 Å². The second-order valence-electron chi connectivity index (χ2n) is 5.33. The van der Waals surface area contributed by atoms with Crippen LogP contribution in [0.2, 0.25) is 5.02 Å². The number of nitrogens with zero attached hydrogens (tertiary/aromatic N) is 4. The highest BCUT2D eigenvalue weighted by molar-refractivity contribution is 7.98. The fourth-order valence-electron chi connectivity index (χ4n) is 2.33. The van der Waals surface area contributed by atoms with Crippen molar-refractivity contribution < 1.29 is 4.39 Å². The van der Waals surface area contributed by atoms with Crippen molar-refractivity contribution in [1.29, 1.82) is 0 Å². The Morgan fingerprint density at radius 1 is 1.30 bits per heavy atom. The second-order valence-corrected chi connectivity index (χ2v) is 7.54. The van der Waals surface area contributed by atoms with Gasteiger partial charge in [0.25, 0.3) is 11.1 Å². The molecule has 0 aliphatic rings. The summed E-state index contributed by atoms with van der Waals surface area (Å²) in [7, 11) is 0. The van der Waals surface area contributed by atoms with Crippen LogP contribution in [-0.4, -0.2) is 24.5 Å². The van der Waals surface area contributed by atoms with Gasteiger partial charge in [-0.2, -0.15) is 0 Å². The zero-order chi connectivity index (χ0) is 19.0. The van der Waals surface area contributed by atoms with E-state index >= 15 is 0 Å². The molecule has 11 heteroatoms. The first-order chi connectivity index (χ1) is 13.0. The molecule has 0 spiro atoms. The Morgan fingerprint density at radius 2 is 2.15 bits per heavy atom. The van der Waals surface area contributed by atoms with Crippen molar-refractivity contribution in [3.63, 3.8) is 0 Å². The highest BCUT2D eigenvalue weighted by Crippen LogP contribution is 2.28. The lowest BCUT2D eigenvalue weighted by Crippen LogP contribution is -2.23. The number of hydrogen-bond donors (Lipinski definition) is 1. The highest BCUT2D eigenvalue weighted by Gasteiger charge is 2.17. The van der Waals surface area contributed by atoms with E-state index in [1.807, 2.05) is 0 Å². The van der Waals surface area contributed by atoms with Gasteiger partial charge < -0.3 is 4.98 Å². The minimum Gasteiger partial charge on any atom is -0.324 e. The predicted octanol–water partition coefficient (Wildman–Crippen LogP) is 3.01. The third-order valence-electron chi connectivity index (χ3n) is 3.60. The average Bonchev–Trinajstić information content (AvgIpc) is 3.11. The van der Waals surface area contributed by atoms with E-state index in [2.05, 4.69) is 19.9 Å². The summed E-state index contributed by atoms with van der Waals surface area (Å²) in [4.78, 5) is 39.2. The minimum atomic E-state index is -0.426. The molecule has 4 aromatic rings. The normalized spacial score (nSPS) is 11.2. The molecule has 0 fully saturated rings. The fourth-order valence-corrected chi connectivity index (χ4v) is 4.29. The molecule has 0 amide bonds. The molecule has 0 radical (unpaired) electrons. The lowest BCUT2D eigenvalue weighted by Gasteiger charge is -2.11. The summed E-state index contributed by atoms with van der Waals surface area (Å²) in [5.41, 5.74) is 1.84. The third kappa shape index (κ3) is 3.51. The maximum absolute atomic E-state index is 13.2. The van der Waals surface area contributed by atoms with Crippen LogP contribution in [0.25, 0.3) is 16.2 Å². The molecule has 0 aliphatic heterocycles. The van der Waals surface area contributed by atoms with Gasteiger partial charge in [-0.15, -0.1) is 11.3 Å². The third-order valence-corrected chi connectivity index (χ3v) is 5.74. The van der Waals surface area contributed by atoms with Crippen molar-refractivity contribution in [2.45, 2.75) is 10.9 Å². The number of thiazole rings is 1. The molecule has 0 bridgehead atoms. The van der Waals surface area contributed by atoms with Crippen LogP contribution in [0, 0.1) is 5.82 Å². The Balaban J connectivity index is 1.81. The smallest absolute Gasteiger partial charge is 0.279 e. The number of benzene rings is 1. The second kappa shape index (κ2) is 7.22. The Labute approximate surface area is 163 Å². The van der Waals surface area contributed by atoms with E-state index in [-0.39, 0.29) is 22.0 Å². The lowest BCUT2D eigenvalue weighted by molar-refractivity contribution is 0.627. The molecule has 0 saturated heterocycles. The summed E-state index contributed by atoms with van der Waals surface area (Å²) < 4.78 is 14.9. The summed E-state index contributed by atoms with van der Waals surface area (Å²) in [6, 6.07) is 4.12. The SMILES string of the molecule is O=c1cnc(-n2c(SCc3ccc(F)cc3Cl)nc3ncsc3c2=O)c[nH]1. The average molecular weight is 422 g/mol. The number of thioether (sulfide) groups is 1. The molecule has 4 rings (SSSR count). The number of halogens is 2. The summed E-state index contributed by atoms with van der Waals surface area (Å²) in [6.45, 7) is 0. The molecule has 7 nitrogen and oxygen atoms in total. The zero-order valence-electron chi connectivity index (χ0n) is 13.3. The van der Waals surface area contributed by atoms with Crippen LogP contribution in [0.5, 0.6) is 0 Å². The predicted molar refractivity (Wildman–Crippen MR) is 102 cm³/mol. The van der Waals surface area contributed by atoms with E-state index in [1.165, 1.54) is 51.5 Å². The topological polar surface area (TPSA) is 93.5 Å². The van der Waals surface area contributed by atoms with Gasteiger partial charge in [-0.3, -0.25) is 9.59 Å². The molecular formula is C16H9ClFN5O2S2. The lowest BCUT2D eigenvalue weighted by atomic mass is 10.2. The number of fused-ring (bicyclic) bond motifs is 1. The molecule has 3 heterocycles. The van der Waals surface area contributed by atoms with Gasteiger partial charge in [0.1, 0.15) is 10.5 Å². The number of rotatable bonds is 4. The number of aromatic nitrogens is 5. The van der Waals surface area contributed by atoms with Crippen molar-refractivity contribution >= 4 is 45.0 Å². The number of aromatic amines is 1. The van der Waals surface area contributed by atoms with Crippen molar-refractivity contribution in [3.05, 3.63) is 73.2 Å². The van der Waals surface area contributed by atoms with Crippen LogP contribution in [0.15, 0.2) is 50.8 Å². The standard InChI is InChI=1S/C16H9ClFN5O2S2/c17-10-3-9(18)2-1-8(10)6-26-16-22-14-13(27-7-21-14)15(25)23(16)11-4-20-12(24)5-19-11/h1-5,7H,6H2,(H,20,24). The van der Waals surface area contributed by atoms with Gasteiger partial charge in [0, 0.05) is 17.0 Å². The van der Waals surface area contributed by atoms with Crippen molar-refractivity contribution in [3.8, 4) is 5.82 Å². The summed E-state index contributed by atoms with van der Waals surface area (Å²) >= 11 is 8.48. The van der Waals surface area contributed by atoms with Crippen molar-refractivity contribution in [1.82, 2.24) is 24.5 Å². The molecule has 0 unspecified atom stereocenters. The molecular weight excluding hydrogens is 413 g/mol. The Hall–Kier alpha value is -2.56. The van der Waals surface area contributed by atoms with E-state index in [1.54, 1.807) is 6.07 Å². The monoisotopic (exact) mass is 421 g/mol. The van der Waals surface area contributed by atoms with Gasteiger partial charge in [-0.1, -0.05) is 29.4 Å². The summed E-state index contributed by atoms with van der Waals surface area (Å²) in [6.07, 6.45) is 2.43. The summed E-state index contributed by atoms with van der Waals surface area (Å²) in [5, 5.41) is 0.617. The summed E-state index contributed by atoms with van der Waals surface area (Å²) in [5.74, 6) is 0.157. The molecule has 136 valence electrons. The van der Waals surface area contributed by atoms with Gasteiger partial charge in [-0.25, -0.2) is 23.9 Å². The van der Waals surface area contributed by atoms with E-state index < -0.39 is 5.82 Å². The number of hydrogen-bond acceptors (Lipinski definition) is 7. The van der Waals surface area contributed by atoms with Gasteiger partial charge in [-0.05, 0) is 17.7 Å². The largest absolute Gasteiger partial charge is 0.324 e. The Bertz CT molecular complexity index is 1250. The molecule has 1 N–H and O–H groups in total.